The zero-order valence-corrected chi connectivity index (χ0v) is 11.3. The predicted molar refractivity (Wildman–Crippen MR) is 72.5 cm³/mol. The molecule has 0 unspecified atom stereocenters. The summed E-state index contributed by atoms with van der Waals surface area (Å²) in [5.41, 5.74) is 9.09. The second-order valence-corrected chi connectivity index (χ2v) is 4.46. The molecule has 0 bridgehead atoms. The highest BCUT2D eigenvalue weighted by Gasteiger charge is 2.23. The van der Waals surface area contributed by atoms with Crippen molar-refractivity contribution in [2.75, 3.05) is 0 Å². The average molecular weight is 276 g/mol. The summed E-state index contributed by atoms with van der Waals surface area (Å²) in [5.74, 6) is -0.948. The third kappa shape index (κ3) is 4.99. The van der Waals surface area contributed by atoms with Crippen LogP contribution in [0.2, 0.25) is 0 Å². The molecule has 0 aliphatic heterocycles. The Morgan fingerprint density at radius 1 is 1.35 bits per heavy atom. The highest BCUT2D eigenvalue weighted by Crippen LogP contribution is 2.06. The van der Waals surface area contributed by atoms with Crippen LogP contribution in [0.5, 0.6) is 0 Å². The standard InChI is InChI=1S/C13H16N4O3/c1-9(2)11(12(18)16-17-14)15-13(19)20-8-10-6-4-3-5-7-10/h3-7,9,11H,8H2,1-2H3,(H,15,19)/t11-/m0/s1. The van der Waals surface area contributed by atoms with Crippen LogP contribution in [0.1, 0.15) is 19.4 Å². The number of nitrogens with one attached hydrogen (secondary N) is 1. The van der Waals surface area contributed by atoms with Crippen LogP contribution in [0.25, 0.3) is 10.4 Å². The van der Waals surface area contributed by atoms with Crippen LogP contribution < -0.4 is 5.32 Å². The minimum Gasteiger partial charge on any atom is -0.445 e. The van der Waals surface area contributed by atoms with Crippen molar-refractivity contribution in [1.82, 2.24) is 5.32 Å². The summed E-state index contributed by atoms with van der Waals surface area (Å²) < 4.78 is 5.00. The van der Waals surface area contributed by atoms with E-state index < -0.39 is 18.0 Å². The molecule has 7 nitrogen and oxygen atoms in total. The molecule has 0 heterocycles. The zero-order chi connectivity index (χ0) is 15.0. The molecule has 0 aromatic heterocycles. The quantitative estimate of drug-likeness (QED) is 0.507. The van der Waals surface area contributed by atoms with Crippen LogP contribution in [0.3, 0.4) is 0 Å². The first-order valence-electron chi connectivity index (χ1n) is 6.10. The lowest BCUT2D eigenvalue weighted by atomic mass is 10.0. The number of azide groups is 1. The fraction of sp³-hybridized carbons (Fsp3) is 0.385. The number of carbonyl (C=O) groups excluding carboxylic acids is 2. The van der Waals surface area contributed by atoms with Gasteiger partial charge in [-0.1, -0.05) is 44.2 Å². The molecule has 7 heteroatoms. The van der Waals surface area contributed by atoms with Crippen molar-refractivity contribution in [3.63, 3.8) is 0 Å². The fourth-order valence-electron chi connectivity index (χ4n) is 1.51. The molecule has 0 saturated carbocycles. The van der Waals surface area contributed by atoms with Gasteiger partial charge in [0.05, 0.1) is 6.04 Å². The molecule has 0 aliphatic carbocycles. The maximum absolute atomic E-state index is 11.6. The van der Waals surface area contributed by atoms with E-state index in [1.54, 1.807) is 13.8 Å². The number of amides is 2. The normalized spacial score (nSPS) is 11.3. The highest BCUT2D eigenvalue weighted by molar-refractivity contribution is 5.86. The van der Waals surface area contributed by atoms with Gasteiger partial charge in [-0.15, -0.1) is 0 Å². The molecule has 0 spiro atoms. The van der Waals surface area contributed by atoms with Crippen LogP contribution >= 0.6 is 0 Å². The predicted octanol–water partition coefficient (Wildman–Crippen LogP) is 2.77. The van der Waals surface area contributed by atoms with E-state index in [2.05, 4.69) is 15.3 Å². The van der Waals surface area contributed by atoms with Gasteiger partial charge in [0.25, 0.3) is 0 Å². The maximum Gasteiger partial charge on any atom is 0.408 e. The van der Waals surface area contributed by atoms with E-state index in [0.717, 1.165) is 5.56 Å². The van der Waals surface area contributed by atoms with Gasteiger partial charge in [0.1, 0.15) is 6.61 Å². The number of hydrogen-bond donors (Lipinski definition) is 1. The number of benzene rings is 1. The third-order valence-corrected chi connectivity index (χ3v) is 2.56. The van der Waals surface area contributed by atoms with Gasteiger partial charge in [0.15, 0.2) is 0 Å². The van der Waals surface area contributed by atoms with Gasteiger partial charge >= 0.3 is 6.09 Å². The van der Waals surface area contributed by atoms with E-state index in [1.165, 1.54) is 0 Å². The van der Waals surface area contributed by atoms with Crippen molar-refractivity contribution < 1.29 is 14.3 Å². The summed E-state index contributed by atoms with van der Waals surface area (Å²) >= 11 is 0. The Morgan fingerprint density at radius 2 is 2.00 bits per heavy atom. The second-order valence-electron chi connectivity index (χ2n) is 4.46. The lowest BCUT2D eigenvalue weighted by Gasteiger charge is -2.18. The van der Waals surface area contributed by atoms with E-state index in [1.807, 2.05) is 30.3 Å². The minimum absolute atomic E-state index is 0.104. The Bertz CT molecular complexity index is 510. The summed E-state index contributed by atoms with van der Waals surface area (Å²) in [5, 5.41) is 5.38. The van der Waals surface area contributed by atoms with Crippen LogP contribution in [-0.2, 0) is 16.1 Å². The highest BCUT2D eigenvalue weighted by atomic mass is 16.5. The summed E-state index contributed by atoms with van der Waals surface area (Å²) in [6.07, 6.45) is -0.728. The molecule has 1 aromatic rings. The molecule has 0 radical (unpaired) electrons. The molecule has 0 saturated heterocycles. The number of rotatable bonds is 5. The van der Waals surface area contributed by atoms with Crippen LogP contribution in [-0.4, -0.2) is 18.0 Å². The summed E-state index contributed by atoms with van der Waals surface area (Å²) in [6.45, 7) is 3.56. The van der Waals surface area contributed by atoms with E-state index in [0.29, 0.717) is 0 Å². The SMILES string of the molecule is CC(C)[C@H](NC(=O)OCc1ccccc1)C(=O)N=[N+]=[N-]. The Morgan fingerprint density at radius 3 is 2.55 bits per heavy atom. The van der Waals surface area contributed by atoms with Gasteiger partial charge in [-0.3, -0.25) is 4.79 Å². The molecular formula is C13H16N4O3. The lowest BCUT2D eigenvalue weighted by molar-refractivity contribution is -0.120. The Kier molecular flexibility index (Phi) is 6.06. The molecule has 1 rings (SSSR count). The van der Waals surface area contributed by atoms with Crippen molar-refractivity contribution in [1.29, 1.82) is 0 Å². The van der Waals surface area contributed by atoms with Gasteiger partial charge < -0.3 is 10.1 Å². The maximum atomic E-state index is 11.6. The van der Waals surface area contributed by atoms with Crippen LogP contribution in [0.15, 0.2) is 35.4 Å². The fourth-order valence-corrected chi connectivity index (χ4v) is 1.51. The first kappa shape index (κ1) is 15.5. The molecule has 1 atom stereocenters. The Hall–Kier alpha value is -2.53. The summed E-state index contributed by atoms with van der Waals surface area (Å²) in [4.78, 5) is 25.5. The molecule has 20 heavy (non-hydrogen) atoms. The van der Waals surface area contributed by atoms with E-state index in [-0.39, 0.29) is 12.5 Å². The van der Waals surface area contributed by atoms with Gasteiger partial charge in [-0.25, -0.2) is 4.79 Å². The summed E-state index contributed by atoms with van der Waals surface area (Å²) in [7, 11) is 0. The van der Waals surface area contributed by atoms with E-state index in [4.69, 9.17) is 10.3 Å². The number of carbonyl (C=O) groups is 2. The second kappa shape index (κ2) is 7.81. The van der Waals surface area contributed by atoms with E-state index >= 15 is 0 Å². The van der Waals surface area contributed by atoms with Gasteiger partial charge in [-0.05, 0) is 22.1 Å². The molecule has 1 N–H and O–H groups in total. The molecule has 2 amide bonds. The Labute approximate surface area is 116 Å². The third-order valence-electron chi connectivity index (χ3n) is 2.56. The number of hydrogen-bond acceptors (Lipinski definition) is 3. The van der Waals surface area contributed by atoms with Crippen molar-refractivity contribution in [3.05, 3.63) is 46.3 Å². The van der Waals surface area contributed by atoms with Crippen LogP contribution in [0.4, 0.5) is 4.79 Å². The van der Waals surface area contributed by atoms with Gasteiger partial charge in [0.2, 0.25) is 5.91 Å². The lowest BCUT2D eigenvalue weighted by Crippen LogP contribution is -2.43. The number of ether oxygens (including phenoxy) is 1. The molecule has 106 valence electrons. The van der Waals surface area contributed by atoms with E-state index in [9.17, 15) is 9.59 Å². The minimum atomic E-state index is -0.894. The Balaban J connectivity index is 2.54. The van der Waals surface area contributed by atoms with Crippen molar-refractivity contribution >= 4 is 12.0 Å². The summed E-state index contributed by atoms with van der Waals surface area (Å²) in [6, 6.07) is 8.26. The molecule has 0 fully saturated rings. The number of nitrogens with zero attached hydrogens (tertiary/aromatic N) is 3. The smallest absolute Gasteiger partial charge is 0.408 e. The first-order valence-corrected chi connectivity index (χ1v) is 6.10. The molecular weight excluding hydrogens is 260 g/mol. The number of alkyl carbamates (subject to hydrolysis) is 1. The van der Waals surface area contributed by atoms with Crippen molar-refractivity contribution in [2.45, 2.75) is 26.5 Å². The topological polar surface area (TPSA) is 104 Å². The zero-order valence-electron chi connectivity index (χ0n) is 11.3. The van der Waals surface area contributed by atoms with Gasteiger partial charge in [0, 0.05) is 4.91 Å². The first-order chi connectivity index (χ1) is 9.54. The average Bonchev–Trinajstić information content (AvgIpc) is 2.43. The van der Waals surface area contributed by atoms with Gasteiger partial charge in [-0.2, -0.15) is 0 Å². The van der Waals surface area contributed by atoms with Crippen LogP contribution in [0, 0.1) is 5.92 Å². The molecule has 0 aliphatic rings. The molecule has 1 aromatic carbocycles. The monoisotopic (exact) mass is 276 g/mol. The van der Waals surface area contributed by atoms with Crippen molar-refractivity contribution in [3.8, 4) is 0 Å². The largest absolute Gasteiger partial charge is 0.445 e. The van der Waals surface area contributed by atoms with Crippen molar-refractivity contribution in [2.24, 2.45) is 11.0 Å².